The Kier molecular flexibility index (Phi) is 5.82. The Morgan fingerprint density at radius 2 is 2.00 bits per heavy atom. The zero-order valence-corrected chi connectivity index (χ0v) is 19.5. The van der Waals surface area contributed by atoms with Crippen molar-refractivity contribution in [2.24, 2.45) is 4.47 Å². The summed E-state index contributed by atoms with van der Waals surface area (Å²) in [5.41, 5.74) is 0.141. The van der Waals surface area contributed by atoms with Crippen molar-refractivity contribution in [2.45, 2.75) is 63.6 Å². The molecule has 2 atom stereocenters. The number of anilines is 1. The second kappa shape index (κ2) is 8.14. The topological polar surface area (TPSA) is 113 Å². The quantitative estimate of drug-likeness (QED) is 0.736. The molecule has 1 saturated heterocycles. The van der Waals surface area contributed by atoms with E-state index >= 15 is 0 Å². The van der Waals surface area contributed by atoms with Gasteiger partial charge in [-0.1, -0.05) is 0 Å². The van der Waals surface area contributed by atoms with E-state index in [1.807, 2.05) is 11.1 Å². The molecule has 4 rings (SSSR count). The molecule has 1 aliphatic carbocycles. The molecule has 10 heteroatoms. The van der Waals surface area contributed by atoms with Crippen molar-refractivity contribution in [3.8, 4) is 0 Å². The fourth-order valence-corrected chi connectivity index (χ4v) is 5.43. The maximum atomic E-state index is 13.0. The van der Waals surface area contributed by atoms with Crippen molar-refractivity contribution in [1.29, 1.82) is 0 Å². The summed E-state index contributed by atoms with van der Waals surface area (Å²) in [5, 5.41) is 16.9. The van der Waals surface area contributed by atoms with E-state index in [1.165, 1.54) is 0 Å². The minimum absolute atomic E-state index is 0.109. The summed E-state index contributed by atoms with van der Waals surface area (Å²) in [6.45, 7) is 5.03. The van der Waals surface area contributed by atoms with Gasteiger partial charge in [0.1, 0.15) is 5.65 Å². The lowest BCUT2D eigenvalue weighted by molar-refractivity contribution is 0.0266. The van der Waals surface area contributed by atoms with Crippen LogP contribution in [0.5, 0.6) is 0 Å². The van der Waals surface area contributed by atoms with Crippen LogP contribution in [0.4, 0.5) is 5.95 Å². The predicted octanol–water partition coefficient (Wildman–Crippen LogP) is 2.09. The monoisotopic (exact) mass is 448 g/mol. The second-order valence-corrected chi connectivity index (χ2v) is 11.9. The maximum absolute atomic E-state index is 13.0. The van der Waals surface area contributed by atoms with E-state index in [0.717, 1.165) is 44.2 Å². The minimum atomic E-state index is -2.15. The van der Waals surface area contributed by atoms with Gasteiger partial charge in [0.05, 0.1) is 21.4 Å². The number of rotatable bonds is 4. The molecule has 31 heavy (non-hydrogen) atoms. The fourth-order valence-electron chi connectivity index (χ4n) is 4.71. The highest BCUT2D eigenvalue weighted by Crippen LogP contribution is 2.39. The number of fused-ring (bicyclic) bond motifs is 1. The number of aromatic nitrogens is 3. The summed E-state index contributed by atoms with van der Waals surface area (Å²) in [6.07, 6.45) is 8.98. The van der Waals surface area contributed by atoms with E-state index in [0.29, 0.717) is 23.6 Å². The van der Waals surface area contributed by atoms with Crippen LogP contribution in [0.15, 0.2) is 21.5 Å². The SMILES string of the molecule is Cc1cc2cnc(NC3CCN(N=S(C)(C)=O)CC3)nc2n([C@@H]2CCC[C@@]2(C)O)c1=O. The summed E-state index contributed by atoms with van der Waals surface area (Å²) in [4.78, 5) is 22.2. The van der Waals surface area contributed by atoms with Gasteiger partial charge in [0, 0.05) is 48.8 Å². The van der Waals surface area contributed by atoms with Gasteiger partial charge < -0.3 is 10.4 Å². The van der Waals surface area contributed by atoms with Gasteiger partial charge in [-0.05, 0) is 52.0 Å². The molecule has 0 bridgehead atoms. The maximum Gasteiger partial charge on any atom is 0.255 e. The van der Waals surface area contributed by atoms with E-state index < -0.39 is 15.3 Å². The van der Waals surface area contributed by atoms with E-state index in [-0.39, 0.29) is 17.6 Å². The van der Waals surface area contributed by atoms with Gasteiger partial charge in [-0.25, -0.2) is 9.19 Å². The Balaban J connectivity index is 1.61. The first-order valence-electron chi connectivity index (χ1n) is 10.8. The van der Waals surface area contributed by atoms with Gasteiger partial charge in [-0.2, -0.15) is 9.99 Å². The largest absolute Gasteiger partial charge is 0.388 e. The van der Waals surface area contributed by atoms with Crippen LogP contribution < -0.4 is 10.9 Å². The molecule has 0 spiro atoms. The molecule has 1 aliphatic heterocycles. The first-order valence-corrected chi connectivity index (χ1v) is 13.2. The molecule has 0 radical (unpaired) electrons. The highest BCUT2D eigenvalue weighted by atomic mass is 32.2. The minimum Gasteiger partial charge on any atom is -0.388 e. The standard InChI is InChI=1S/C21H32N6O3S/c1-14-12-15-13-22-20(23-16-7-10-26(11-8-16)25-31(3,4)30)24-18(15)27(19(14)28)17-6-5-9-21(17,2)29/h12-13,16-17,29H,5-11H2,1-4H3,(H,22,23,24)/t17-,21-/m1/s1. The summed E-state index contributed by atoms with van der Waals surface area (Å²) >= 11 is 0. The molecule has 2 aromatic heterocycles. The number of aryl methyl sites for hydroxylation is 1. The lowest BCUT2D eigenvalue weighted by Crippen LogP contribution is -2.38. The first kappa shape index (κ1) is 22.2. The van der Waals surface area contributed by atoms with E-state index in [1.54, 1.807) is 37.1 Å². The van der Waals surface area contributed by atoms with Gasteiger partial charge in [0.25, 0.3) is 5.56 Å². The summed E-state index contributed by atoms with van der Waals surface area (Å²) < 4.78 is 17.9. The van der Waals surface area contributed by atoms with Crippen molar-refractivity contribution in [3.05, 3.63) is 28.2 Å². The fraction of sp³-hybridized carbons (Fsp3) is 0.667. The molecule has 2 aromatic rings. The Morgan fingerprint density at radius 3 is 2.61 bits per heavy atom. The smallest absolute Gasteiger partial charge is 0.255 e. The zero-order chi connectivity index (χ0) is 22.4. The molecule has 0 unspecified atom stereocenters. The average molecular weight is 449 g/mol. The molecule has 3 heterocycles. The van der Waals surface area contributed by atoms with Gasteiger partial charge in [-0.3, -0.25) is 9.36 Å². The van der Waals surface area contributed by atoms with Crippen molar-refractivity contribution in [3.63, 3.8) is 0 Å². The molecular formula is C21H32N6O3S. The van der Waals surface area contributed by atoms with Crippen LogP contribution in [0.25, 0.3) is 11.0 Å². The first-order chi connectivity index (χ1) is 14.5. The molecule has 170 valence electrons. The molecule has 1 saturated carbocycles. The van der Waals surface area contributed by atoms with Crippen LogP contribution in [0.2, 0.25) is 0 Å². The third-order valence-corrected chi connectivity index (χ3v) is 6.88. The predicted molar refractivity (Wildman–Crippen MR) is 123 cm³/mol. The Bertz CT molecular complexity index is 1150. The highest BCUT2D eigenvalue weighted by Gasteiger charge is 2.39. The molecular weight excluding hydrogens is 416 g/mol. The van der Waals surface area contributed by atoms with E-state index in [9.17, 15) is 14.1 Å². The van der Waals surface area contributed by atoms with Crippen LogP contribution in [-0.2, 0) is 9.73 Å². The number of hydrogen-bond acceptors (Lipinski definition) is 7. The van der Waals surface area contributed by atoms with Crippen LogP contribution in [-0.4, -0.2) is 66.1 Å². The Morgan fingerprint density at radius 1 is 1.29 bits per heavy atom. The van der Waals surface area contributed by atoms with Crippen molar-refractivity contribution >= 4 is 26.7 Å². The number of hydrogen-bond donors (Lipinski definition) is 2. The molecule has 2 aliphatic rings. The Labute approximate surface area is 183 Å². The van der Waals surface area contributed by atoms with Crippen LogP contribution in [0.1, 0.15) is 50.6 Å². The van der Waals surface area contributed by atoms with Gasteiger partial charge in [-0.15, -0.1) is 4.47 Å². The normalized spacial score (nSPS) is 25.8. The average Bonchev–Trinajstić information content (AvgIpc) is 3.02. The molecule has 2 fully saturated rings. The van der Waals surface area contributed by atoms with Crippen LogP contribution >= 0.6 is 0 Å². The number of pyridine rings is 1. The number of nitrogens with one attached hydrogen (secondary N) is 1. The zero-order valence-electron chi connectivity index (χ0n) is 18.7. The summed E-state index contributed by atoms with van der Waals surface area (Å²) in [6, 6.07) is 1.69. The van der Waals surface area contributed by atoms with Crippen molar-refractivity contribution < 1.29 is 9.32 Å². The van der Waals surface area contributed by atoms with Crippen LogP contribution in [0, 0.1) is 6.92 Å². The number of aliphatic hydroxyl groups is 1. The van der Waals surface area contributed by atoms with Gasteiger partial charge in [0.15, 0.2) is 0 Å². The van der Waals surface area contributed by atoms with E-state index in [2.05, 4.69) is 14.8 Å². The third-order valence-electron chi connectivity index (χ3n) is 6.26. The number of nitrogens with zero attached hydrogens (tertiary/aromatic N) is 5. The lowest BCUT2D eigenvalue weighted by atomic mass is 9.99. The molecule has 0 amide bonds. The second-order valence-electron chi connectivity index (χ2n) is 9.38. The lowest BCUT2D eigenvalue weighted by Gasteiger charge is -2.30. The summed E-state index contributed by atoms with van der Waals surface area (Å²) in [7, 11) is -2.15. The highest BCUT2D eigenvalue weighted by molar-refractivity contribution is 7.92. The van der Waals surface area contributed by atoms with E-state index in [4.69, 9.17) is 4.98 Å². The van der Waals surface area contributed by atoms with Gasteiger partial charge >= 0.3 is 0 Å². The number of piperidine rings is 1. The van der Waals surface area contributed by atoms with Crippen LogP contribution in [0.3, 0.4) is 0 Å². The molecule has 0 aromatic carbocycles. The Hall–Kier alpha value is -2.04. The summed E-state index contributed by atoms with van der Waals surface area (Å²) in [5.74, 6) is 0.479. The third kappa shape index (κ3) is 4.75. The van der Waals surface area contributed by atoms with Gasteiger partial charge in [0.2, 0.25) is 5.95 Å². The molecule has 9 nitrogen and oxygen atoms in total. The molecule has 2 N–H and O–H groups in total. The van der Waals surface area contributed by atoms with Crippen molar-refractivity contribution in [1.82, 2.24) is 19.5 Å². The van der Waals surface area contributed by atoms with Crippen molar-refractivity contribution in [2.75, 3.05) is 30.9 Å².